The number of nitrogens with one attached hydrogen (secondary N) is 1. The molecule has 1 atom stereocenters. The van der Waals surface area contributed by atoms with E-state index in [1.54, 1.807) is 12.1 Å². The molecule has 0 saturated carbocycles. The fourth-order valence-electron chi connectivity index (χ4n) is 3.00. The fraction of sp³-hybridized carbons (Fsp3) is 0.200. The summed E-state index contributed by atoms with van der Waals surface area (Å²) in [4.78, 5) is 37.7. The van der Waals surface area contributed by atoms with Crippen molar-refractivity contribution >= 4 is 29.0 Å². The first-order valence-corrected chi connectivity index (χ1v) is 8.56. The summed E-state index contributed by atoms with van der Waals surface area (Å²) in [5, 5.41) is 21.5. The van der Waals surface area contributed by atoms with Gasteiger partial charge in [-0.25, -0.2) is 0 Å². The average Bonchev–Trinajstić information content (AvgIpc) is 2.92. The summed E-state index contributed by atoms with van der Waals surface area (Å²) in [5.41, 5.74) is -4.05. The van der Waals surface area contributed by atoms with Gasteiger partial charge in [0.25, 0.3) is 17.6 Å². The Balaban J connectivity index is 1.83. The number of nitrogens with zero attached hydrogens (tertiary/aromatic N) is 2. The largest absolute Gasteiger partial charge is 0.417 e. The van der Waals surface area contributed by atoms with E-state index in [9.17, 15) is 32.7 Å². The van der Waals surface area contributed by atoms with Crippen LogP contribution in [0.4, 0.5) is 24.5 Å². The van der Waals surface area contributed by atoms with Crippen LogP contribution in [-0.4, -0.2) is 34.8 Å². The third-order valence-electron chi connectivity index (χ3n) is 4.54. The van der Waals surface area contributed by atoms with Gasteiger partial charge in [-0.3, -0.25) is 14.4 Å². The number of alkyl halides is 3. The second-order valence-corrected chi connectivity index (χ2v) is 6.84. The molecule has 1 aliphatic heterocycles. The predicted molar refractivity (Wildman–Crippen MR) is 98.5 cm³/mol. The van der Waals surface area contributed by atoms with E-state index in [0.29, 0.717) is 6.07 Å². The molecule has 0 spiro atoms. The Morgan fingerprint density at radius 2 is 1.87 bits per heavy atom. The average molecular weight is 417 g/mol. The van der Waals surface area contributed by atoms with Gasteiger partial charge in [0.05, 0.1) is 35.0 Å². The third-order valence-corrected chi connectivity index (χ3v) is 4.54. The molecular weight excluding hydrogens is 403 g/mol. The molecule has 7 nitrogen and oxygen atoms in total. The number of ketones is 1. The van der Waals surface area contributed by atoms with Crippen LogP contribution in [0.3, 0.4) is 0 Å². The Kier molecular flexibility index (Phi) is 5.09. The Labute approximate surface area is 168 Å². The summed E-state index contributed by atoms with van der Waals surface area (Å²) < 4.78 is 39.3. The summed E-state index contributed by atoms with van der Waals surface area (Å²) in [6.07, 6.45) is -4.82. The van der Waals surface area contributed by atoms with Crippen molar-refractivity contribution in [2.45, 2.75) is 18.7 Å². The van der Waals surface area contributed by atoms with E-state index in [2.05, 4.69) is 5.32 Å². The van der Waals surface area contributed by atoms with Crippen LogP contribution in [0.25, 0.3) is 0 Å². The lowest BCUT2D eigenvalue weighted by Crippen LogP contribution is -2.51. The molecule has 2 amide bonds. The van der Waals surface area contributed by atoms with Crippen LogP contribution in [0.2, 0.25) is 0 Å². The van der Waals surface area contributed by atoms with Gasteiger partial charge in [0.2, 0.25) is 0 Å². The lowest BCUT2D eigenvalue weighted by molar-refractivity contribution is -0.138. The highest BCUT2D eigenvalue weighted by Gasteiger charge is 2.42. The molecule has 0 bridgehead atoms. The van der Waals surface area contributed by atoms with Crippen LogP contribution in [-0.2, 0) is 15.8 Å². The smallest absolute Gasteiger partial charge is 0.378 e. The number of carbonyl (C=O) groups excluding carboxylic acids is 3. The van der Waals surface area contributed by atoms with Gasteiger partial charge in [-0.05, 0) is 37.3 Å². The highest BCUT2D eigenvalue weighted by molar-refractivity contribution is 6.52. The number of hydrogen-bond donors (Lipinski definition) is 2. The zero-order valence-corrected chi connectivity index (χ0v) is 15.4. The lowest BCUT2D eigenvalue weighted by Gasteiger charge is -2.28. The second kappa shape index (κ2) is 7.27. The number of anilines is 2. The van der Waals surface area contributed by atoms with Crippen molar-refractivity contribution in [1.82, 2.24) is 0 Å². The first-order chi connectivity index (χ1) is 14.0. The molecule has 1 unspecified atom stereocenters. The van der Waals surface area contributed by atoms with Crippen molar-refractivity contribution in [2.75, 3.05) is 16.8 Å². The fourth-order valence-corrected chi connectivity index (χ4v) is 3.00. The van der Waals surface area contributed by atoms with Gasteiger partial charge < -0.3 is 15.3 Å². The molecule has 0 radical (unpaired) electrons. The maximum absolute atomic E-state index is 13.1. The molecule has 0 saturated heterocycles. The number of aliphatic hydroxyl groups is 1. The second-order valence-electron chi connectivity index (χ2n) is 6.84. The van der Waals surface area contributed by atoms with Gasteiger partial charge in [-0.1, -0.05) is 12.1 Å². The molecule has 2 aromatic rings. The number of rotatable bonds is 4. The molecule has 0 aromatic heterocycles. The molecule has 2 aromatic carbocycles. The van der Waals surface area contributed by atoms with Gasteiger partial charge in [0.15, 0.2) is 5.60 Å². The van der Waals surface area contributed by atoms with Crippen molar-refractivity contribution in [3.05, 3.63) is 59.2 Å². The molecule has 3 rings (SSSR count). The van der Waals surface area contributed by atoms with Crippen LogP contribution in [0.1, 0.15) is 28.4 Å². The Hall–Kier alpha value is -3.71. The normalized spacial score (nSPS) is 15.4. The predicted octanol–water partition coefficient (Wildman–Crippen LogP) is 2.50. The van der Waals surface area contributed by atoms with Crippen LogP contribution in [0.5, 0.6) is 0 Å². The minimum atomic E-state index is -4.82. The van der Waals surface area contributed by atoms with E-state index in [4.69, 9.17) is 5.26 Å². The summed E-state index contributed by atoms with van der Waals surface area (Å²) in [5.74, 6) is -2.81. The molecule has 30 heavy (non-hydrogen) atoms. The first-order valence-electron chi connectivity index (χ1n) is 8.56. The number of β-amino-alcohol motifs (C(OH)–C–C–N with tert-alkyl or cyclic N) is 1. The van der Waals surface area contributed by atoms with Crippen molar-refractivity contribution in [3.8, 4) is 6.07 Å². The zero-order valence-electron chi connectivity index (χ0n) is 15.4. The molecule has 1 heterocycles. The SMILES string of the molecule is CC(O)(CN1C(=O)C(=O)c2ccccc21)C(=O)Nc1ccc(C#N)c(C(F)(F)F)c1. The van der Waals surface area contributed by atoms with Gasteiger partial charge in [0.1, 0.15) is 0 Å². The number of halogens is 3. The van der Waals surface area contributed by atoms with E-state index in [-0.39, 0.29) is 16.9 Å². The maximum atomic E-state index is 13.1. The quantitative estimate of drug-likeness (QED) is 0.743. The highest BCUT2D eigenvalue weighted by atomic mass is 19.4. The van der Waals surface area contributed by atoms with E-state index in [1.165, 1.54) is 18.2 Å². The number of nitriles is 1. The van der Waals surface area contributed by atoms with Crippen molar-refractivity contribution < 1.29 is 32.7 Å². The highest BCUT2D eigenvalue weighted by Crippen LogP contribution is 2.34. The van der Waals surface area contributed by atoms with Crippen LogP contribution < -0.4 is 10.2 Å². The number of fused-ring (bicyclic) bond motifs is 1. The van der Waals surface area contributed by atoms with E-state index in [0.717, 1.165) is 24.0 Å². The number of hydrogen-bond acceptors (Lipinski definition) is 5. The molecule has 10 heteroatoms. The summed E-state index contributed by atoms with van der Waals surface area (Å²) >= 11 is 0. The number of benzene rings is 2. The van der Waals surface area contributed by atoms with Gasteiger partial charge in [-0.2, -0.15) is 18.4 Å². The molecule has 154 valence electrons. The molecule has 1 aliphatic rings. The van der Waals surface area contributed by atoms with Crippen molar-refractivity contribution in [3.63, 3.8) is 0 Å². The van der Waals surface area contributed by atoms with Crippen LogP contribution in [0.15, 0.2) is 42.5 Å². The topological polar surface area (TPSA) is 110 Å². The van der Waals surface area contributed by atoms with Crippen LogP contribution >= 0.6 is 0 Å². The number of amides is 2. The molecular formula is C20H14F3N3O4. The van der Waals surface area contributed by atoms with E-state index in [1.807, 2.05) is 0 Å². The number of para-hydroxylation sites is 1. The summed E-state index contributed by atoms with van der Waals surface area (Å²) in [6, 6.07) is 10.0. The third kappa shape index (κ3) is 3.75. The minimum Gasteiger partial charge on any atom is -0.378 e. The van der Waals surface area contributed by atoms with Crippen LogP contribution in [0, 0.1) is 11.3 Å². The Morgan fingerprint density at radius 3 is 2.50 bits per heavy atom. The molecule has 2 N–H and O–H groups in total. The minimum absolute atomic E-state index is 0.126. The zero-order chi connectivity index (χ0) is 22.3. The monoisotopic (exact) mass is 417 g/mol. The van der Waals surface area contributed by atoms with Gasteiger partial charge >= 0.3 is 6.18 Å². The maximum Gasteiger partial charge on any atom is 0.417 e. The van der Waals surface area contributed by atoms with E-state index < -0.39 is 47.0 Å². The first kappa shape index (κ1) is 21.0. The molecule has 0 fully saturated rings. The van der Waals surface area contributed by atoms with Gasteiger partial charge in [-0.15, -0.1) is 0 Å². The summed E-state index contributed by atoms with van der Waals surface area (Å²) in [6.45, 7) is 0.470. The molecule has 0 aliphatic carbocycles. The number of Topliss-reactive ketones (excluding diaryl/α,β-unsaturated/α-hetero) is 1. The summed E-state index contributed by atoms with van der Waals surface area (Å²) in [7, 11) is 0. The number of carbonyl (C=O) groups is 3. The van der Waals surface area contributed by atoms with Gasteiger partial charge in [0, 0.05) is 5.69 Å². The van der Waals surface area contributed by atoms with E-state index >= 15 is 0 Å². The standard InChI is InChI=1S/C20H14F3N3O4/c1-19(30,10-26-15-5-3-2-4-13(15)16(27)17(26)28)18(29)25-12-7-6-11(9-24)14(8-12)20(21,22)23/h2-8,30H,10H2,1H3,(H,25,29). The van der Waals surface area contributed by atoms with Crippen molar-refractivity contribution in [1.29, 1.82) is 5.26 Å². The Morgan fingerprint density at radius 1 is 1.20 bits per heavy atom. The Bertz CT molecular complexity index is 1100. The lowest BCUT2D eigenvalue weighted by atomic mass is 10.0. The van der Waals surface area contributed by atoms with Crippen molar-refractivity contribution in [2.24, 2.45) is 0 Å².